The van der Waals surface area contributed by atoms with Crippen LogP contribution in [0, 0.1) is 0 Å². The van der Waals surface area contributed by atoms with Crippen molar-refractivity contribution in [3.8, 4) is 0 Å². The van der Waals surface area contributed by atoms with Crippen molar-refractivity contribution >= 4 is 5.95 Å². The van der Waals surface area contributed by atoms with Crippen LogP contribution in [0.1, 0.15) is 18.1 Å². The zero-order chi connectivity index (χ0) is 14.2. The van der Waals surface area contributed by atoms with E-state index in [9.17, 15) is 0 Å². The number of aromatic nitrogens is 3. The Bertz CT molecular complexity index is 497. The molecular weight excluding hydrogens is 250 g/mol. The molecule has 2 aromatic heterocycles. The first-order chi connectivity index (χ1) is 9.79. The molecule has 0 fully saturated rings. The topological polar surface area (TPSA) is 53.9 Å². The van der Waals surface area contributed by atoms with E-state index in [1.165, 1.54) is 5.56 Å². The largest absolute Gasteiger partial charge is 0.344 e. The van der Waals surface area contributed by atoms with Gasteiger partial charge in [-0.1, -0.05) is 6.92 Å². The summed E-state index contributed by atoms with van der Waals surface area (Å²) in [6.07, 6.45) is 8.37. The summed E-state index contributed by atoms with van der Waals surface area (Å²) in [6.45, 7) is 4.74. The van der Waals surface area contributed by atoms with Crippen LogP contribution in [-0.2, 0) is 13.0 Å². The van der Waals surface area contributed by atoms with Crippen LogP contribution in [0.2, 0.25) is 0 Å². The van der Waals surface area contributed by atoms with E-state index in [-0.39, 0.29) is 0 Å². The molecule has 106 valence electrons. The lowest BCUT2D eigenvalue weighted by Gasteiger charge is -2.17. The van der Waals surface area contributed by atoms with Crippen LogP contribution in [-0.4, -0.2) is 35.1 Å². The second-order valence-electron chi connectivity index (χ2n) is 4.70. The maximum absolute atomic E-state index is 4.41. The standard InChI is InChI=1S/C15H21N5/c1-3-16-10-14-11-18-15(19-12-14)20(2)9-6-13-4-7-17-8-5-13/h4-5,7-8,11-12,16H,3,6,9-10H2,1-2H3. The van der Waals surface area contributed by atoms with Crippen LogP contribution in [0.3, 0.4) is 0 Å². The van der Waals surface area contributed by atoms with E-state index in [0.717, 1.165) is 37.6 Å². The number of nitrogens with one attached hydrogen (secondary N) is 1. The van der Waals surface area contributed by atoms with Crippen LogP contribution in [0.15, 0.2) is 36.9 Å². The highest BCUT2D eigenvalue weighted by atomic mass is 15.2. The molecule has 0 aliphatic heterocycles. The molecule has 0 aliphatic rings. The molecule has 1 N–H and O–H groups in total. The summed E-state index contributed by atoms with van der Waals surface area (Å²) in [6, 6.07) is 4.07. The van der Waals surface area contributed by atoms with Gasteiger partial charge < -0.3 is 10.2 Å². The lowest BCUT2D eigenvalue weighted by molar-refractivity contribution is 0.719. The molecule has 0 aromatic carbocycles. The van der Waals surface area contributed by atoms with E-state index in [1.54, 1.807) is 0 Å². The van der Waals surface area contributed by atoms with Crippen molar-refractivity contribution in [1.29, 1.82) is 0 Å². The summed E-state index contributed by atoms with van der Waals surface area (Å²) in [4.78, 5) is 14.9. The molecule has 5 nitrogen and oxygen atoms in total. The van der Waals surface area contributed by atoms with Gasteiger partial charge in [-0.3, -0.25) is 4.98 Å². The number of rotatable bonds is 7. The minimum atomic E-state index is 0.763. The molecule has 0 spiro atoms. The number of nitrogens with zero attached hydrogens (tertiary/aromatic N) is 4. The Kier molecular flexibility index (Phi) is 5.43. The third kappa shape index (κ3) is 4.28. The maximum atomic E-state index is 4.41. The second-order valence-corrected chi connectivity index (χ2v) is 4.70. The van der Waals surface area contributed by atoms with E-state index < -0.39 is 0 Å². The summed E-state index contributed by atoms with van der Waals surface area (Å²) < 4.78 is 0. The van der Waals surface area contributed by atoms with Crippen LogP contribution in [0.25, 0.3) is 0 Å². The van der Waals surface area contributed by atoms with Gasteiger partial charge in [-0.2, -0.15) is 0 Å². The van der Waals surface area contributed by atoms with Crippen LogP contribution in [0.5, 0.6) is 0 Å². The minimum absolute atomic E-state index is 0.763. The average molecular weight is 271 g/mol. The van der Waals surface area contributed by atoms with Crippen LogP contribution in [0.4, 0.5) is 5.95 Å². The summed E-state index contributed by atoms with van der Waals surface area (Å²) in [5.74, 6) is 0.763. The van der Waals surface area contributed by atoms with Crippen molar-refractivity contribution in [3.05, 3.63) is 48.0 Å². The predicted molar refractivity (Wildman–Crippen MR) is 80.6 cm³/mol. The molecule has 0 saturated carbocycles. The van der Waals surface area contributed by atoms with Gasteiger partial charge in [0, 0.05) is 50.5 Å². The molecule has 0 atom stereocenters. The molecule has 2 rings (SSSR count). The number of pyridine rings is 1. The van der Waals surface area contributed by atoms with Gasteiger partial charge in [0.15, 0.2) is 0 Å². The molecule has 0 radical (unpaired) electrons. The quantitative estimate of drug-likeness (QED) is 0.830. The number of hydrogen-bond donors (Lipinski definition) is 1. The Labute approximate surface area is 120 Å². The first-order valence-corrected chi connectivity index (χ1v) is 6.91. The van der Waals surface area contributed by atoms with E-state index in [2.05, 4.69) is 32.1 Å². The Morgan fingerprint density at radius 2 is 1.80 bits per heavy atom. The number of anilines is 1. The Hall–Kier alpha value is -2.01. The predicted octanol–water partition coefficient (Wildman–Crippen LogP) is 1.66. The van der Waals surface area contributed by atoms with Gasteiger partial charge in [0.05, 0.1) is 0 Å². The van der Waals surface area contributed by atoms with E-state index in [0.29, 0.717) is 0 Å². The van der Waals surface area contributed by atoms with Gasteiger partial charge in [-0.25, -0.2) is 9.97 Å². The van der Waals surface area contributed by atoms with E-state index >= 15 is 0 Å². The third-order valence-electron chi connectivity index (χ3n) is 3.10. The lowest BCUT2D eigenvalue weighted by Crippen LogP contribution is -2.23. The van der Waals surface area contributed by atoms with E-state index in [1.807, 2.05) is 44.0 Å². The van der Waals surface area contributed by atoms with Crippen molar-refractivity contribution in [2.24, 2.45) is 0 Å². The number of likely N-dealkylation sites (N-methyl/N-ethyl adjacent to an activating group) is 1. The molecule has 2 aromatic rings. The lowest BCUT2D eigenvalue weighted by atomic mass is 10.2. The molecule has 0 amide bonds. The first-order valence-electron chi connectivity index (χ1n) is 6.91. The highest BCUT2D eigenvalue weighted by molar-refractivity contribution is 5.29. The second kappa shape index (κ2) is 7.55. The zero-order valence-electron chi connectivity index (χ0n) is 12.1. The minimum Gasteiger partial charge on any atom is -0.344 e. The smallest absolute Gasteiger partial charge is 0.225 e. The zero-order valence-corrected chi connectivity index (χ0v) is 12.1. The third-order valence-corrected chi connectivity index (χ3v) is 3.10. The van der Waals surface area contributed by atoms with Crippen LogP contribution >= 0.6 is 0 Å². The van der Waals surface area contributed by atoms with Gasteiger partial charge in [-0.05, 0) is 30.7 Å². The Balaban J connectivity index is 1.87. The summed E-state index contributed by atoms with van der Waals surface area (Å²) >= 11 is 0. The summed E-state index contributed by atoms with van der Waals surface area (Å²) in [5.41, 5.74) is 2.38. The monoisotopic (exact) mass is 271 g/mol. The summed E-state index contributed by atoms with van der Waals surface area (Å²) in [7, 11) is 2.01. The van der Waals surface area contributed by atoms with Gasteiger partial charge in [0.1, 0.15) is 0 Å². The average Bonchev–Trinajstić information content (AvgIpc) is 2.52. The van der Waals surface area contributed by atoms with Crippen molar-refractivity contribution < 1.29 is 0 Å². The molecule has 0 aliphatic carbocycles. The van der Waals surface area contributed by atoms with Crippen LogP contribution < -0.4 is 10.2 Å². The Morgan fingerprint density at radius 1 is 1.10 bits per heavy atom. The molecule has 20 heavy (non-hydrogen) atoms. The fourth-order valence-electron chi connectivity index (χ4n) is 1.85. The highest BCUT2D eigenvalue weighted by Gasteiger charge is 2.04. The normalized spacial score (nSPS) is 10.5. The molecule has 0 unspecified atom stereocenters. The Morgan fingerprint density at radius 3 is 2.45 bits per heavy atom. The van der Waals surface area contributed by atoms with Crippen molar-refractivity contribution in [2.45, 2.75) is 19.9 Å². The van der Waals surface area contributed by atoms with Crippen molar-refractivity contribution in [1.82, 2.24) is 20.3 Å². The van der Waals surface area contributed by atoms with E-state index in [4.69, 9.17) is 0 Å². The van der Waals surface area contributed by atoms with Gasteiger partial charge >= 0.3 is 0 Å². The summed E-state index contributed by atoms with van der Waals surface area (Å²) in [5, 5.41) is 3.26. The molecule has 5 heteroatoms. The van der Waals surface area contributed by atoms with Crippen molar-refractivity contribution in [2.75, 3.05) is 25.0 Å². The van der Waals surface area contributed by atoms with Crippen molar-refractivity contribution in [3.63, 3.8) is 0 Å². The van der Waals surface area contributed by atoms with Gasteiger partial charge in [0.2, 0.25) is 5.95 Å². The number of hydrogen-bond acceptors (Lipinski definition) is 5. The molecular formula is C15H21N5. The van der Waals surface area contributed by atoms with Gasteiger partial charge in [-0.15, -0.1) is 0 Å². The maximum Gasteiger partial charge on any atom is 0.225 e. The fraction of sp³-hybridized carbons (Fsp3) is 0.400. The first kappa shape index (κ1) is 14.4. The molecule has 0 saturated heterocycles. The molecule has 2 heterocycles. The highest BCUT2D eigenvalue weighted by Crippen LogP contribution is 2.07. The SMILES string of the molecule is CCNCc1cnc(N(C)CCc2ccncc2)nc1. The fourth-order valence-corrected chi connectivity index (χ4v) is 1.85. The molecule has 0 bridgehead atoms. The van der Waals surface area contributed by atoms with Gasteiger partial charge in [0.25, 0.3) is 0 Å².